The molecule has 0 unspecified atom stereocenters. The van der Waals surface area contributed by atoms with Crippen molar-refractivity contribution in [2.24, 2.45) is 0 Å². The molecule has 3 nitrogen and oxygen atoms in total. The number of para-hydroxylation sites is 1. The molecule has 3 atom stereocenters. The van der Waals surface area contributed by atoms with Gasteiger partial charge in [0.1, 0.15) is 5.60 Å². The van der Waals surface area contributed by atoms with Gasteiger partial charge >= 0.3 is 0 Å². The monoisotopic (exact) mass is 292 g/mol. The van der Waals surface area contributed by atoms with Crippen LogP contribution in [0.2, 0.25) is 0 Å². The van der Waals surface area contributed by atoms with Crippen molar-refractivity contribution in [3.63, 3.8) is 0 Å². The first-order valence-corrected chi connectivity index (χ1v) is 8.22. The van der Waals surface area contributed by atoms with Crippen LogP contribution in [0, 0.1) is 0 Å². The first-order chi connectivity index (χ1) is 10.7. The lowest BCUT2D eigenvalue weighted by molar-refractivity contribution is -0.0195. The summed E-state index contributed by atoms with van der Waals surface area (Å²) in [5.41, 5.74) is 4.19. The minimum absolute atomic E-state index is 0.263. The summed E-state index contributed by atoms with van der Waals surface area (Å²) < 4.78 is 0. The lowest BCUT2D eigenvalue weighted by Gasteiger charge is -2.48. The molecule has 0 radical (unpaired) electrons. The number of pyridine rings is 1. The molecule has 2 bridgehead atoms. The predicted octanol–water partition coefficient (Wildman–Crippen LogP) is 2.94. The molecule has 2 aliphatic heterocycles. The molecule has 0 amide bonds. The van der Waals surface area contributed by atoms with Crippen molar-refractivity contribution < 1.29 is 5.11 Å². The second kappa shape index (κ2) is 4.18. The van der Waals surface area contributed by atoms with Gasteiger partial charge in [-0.1, -0.05) is 29.8 Å². The van der Waals surface area contributed by atoms with E-state index in [4.69, 9.17) is 0 Å². The fraction of sp³-hybridized carbons (Fsp3) is 0.421. The van der Waals surface area contributed by atoms with Crippen LogP contribution >= 0.6 is 0 Å². The quantitative estimate of drug-likeness (QED) is 0.758. The van der Waals surface area contributed by atoms with E-state index < -0.39 is 5.60 Å². The Morgan fingerprint density at radius 3 is 3.09 bits per heavy atom. The van der Waals surface area contributed by atoms with Gasteiger partial charge in [-0.2, -0.15) is 0 Å². The Bertz CT molecular complexity index is 812. The van der Waals surface area contributed by atoms with E-state index in [1.807, 2.05) is 18.3 Å². The van der Waals surface area contributed by atoms with Crippen LogP contribution in [-0.4, -0.2) is 34.1 Å². The van der Waals surface area contributed by atoms with Crippen molar-refractivity contribution in [1.29, 1.82) is 0 Å². The molecular formula is C19H20N2O. The van der Waals surface area contributed by atoms with Gasteiger partial charge in [-0.15, -0.1) is 0 Å². The Labute approximate surface area is 130 Å². The maximum Gasteiger partial charge on any atom is 0.107 e. The van der Waals surface area contributed by atoms with E-state index in [9.17, 15) is 5.11 Å². The summed E-state index contributed by atoms with van der Waals surface area (Å²) in [6.07, 6.45) is 6.15. The second-order valence-corrected chi connectivity index (χ2v) is 6.92. The molecule has 2 fully saturated rings. The van der Waals surface area contributed by atoms with Crippen LogP contribution in [0.3, 0.4) is 0 Å². The van der Waals surface area contributed by atoms with Crippen LogP contribution in [0.4, 0.5) is 0 Å². The van der Waals surface area contributed by atoms with Crippen LogP contribution in [-0.2, 0) is 5.60 Å². The standard InChI is InChI=1S/C19H20N2O/c1-2-12-11-21-8-7-19(22)17(21)9-14(12)15-10-20-16-6-4-3-5-13(16)18(15)19/h2-6,10,14,17,22H,7-9,11H2,1H3/t14-,17-,19+/m0/s1. The van der Waals surface area contributed by atoms with Gasteiger partial charge in [0.2, 0.25) is 0 Å². The molecule has 0 spiro atoms. The first kappa shape index (κ1) is 12.8. The molecule has 0 saturated carbocycles. The number of aromatic nitrogens is 1. The van der Waals surface area contributed by atoms with Crippen molar-refractivity contribution in [3.05, 3.63) is 53.2 Å². The molecule has 2 saturated heterocycles. The zero-order valence-corrected chi connectivity index (χ0v) is 12.8. The van der Waals surface area contributed by atoms with Crippen molar-refractivity contribution in [2.45, 2.75) is 37.3 Å². The highest BCUT2D eigenvalue weighted by Gasteiger charge is 2.56. The second-order valence-electron chi connectivity index (χ2n) is 6.92. The topological polar surface area (TPSA) is 36.4 Å². The number of aliphatic hydroxyl groups is 1. The summed E-state index contributed by atoms with van der Waals surface area (Å²) in [5, 5.41) is 12.7. The molecule has 1 aromatic heterocycles. The number of rotatable bonds is 0. The Kier molecular flexibility index (Phi) is 2.43. The third-order valence-electron chi connectivity index (χ3n) is 6.05. The SMILES string of the molecule is CC=C1CN2CC[C@]3(O)c4c(cnc5ccccc45)[C@H]1C[C@H]23. The van der Waals surface area contributed by atoms with Crippen molar-refractivity contribution in [2.75, 3.05) is 13.1 Å². The summed E-state index contributed by atoms with van der Waals surface area (Å²) in [6.45, 7) is 4.13. The Hall–Kier alpha value is -1.71. The van der Waals surface area contributed by atoms with Gasteiger partial charge in [-0.05, 0) is 37.0 Å². The van der Waals surface area contributed by atoms with E-state index >= 15 is 0 Å². The highest BCUT2D eigenvalue weighted by Crippen LogP contribution is 2.55. The van der Waals surface area contributed by atoms with Crippen LogP contribution in [0.5, 0.6) is 0 Å². The highest BCUT2D eigenvalue weighted by molar-refractivity contribution is 5.85. The minimum atomic E-state index is -0.701. The van der Waals surface area contributed by atoms with Gasteiger partial charge in [0, 0.05) is 36.6 Å². The molecule has 3 heterocycles. The normalized spacial score (nSPS) is 35.1. The Balaban J connectivity index is 1.88. The van der Waals surface area contributed by atoms with Gasteiger partial charge in [0.05, 0.1) is 5.52 Å². The summed E-state index contributed by atoms with van der Waals surface area (Å²) in [6, 6.07) is 8.51. The average molecular weight is 292 g/mol. The zero-order valence-electron chi connectivity index (χ0n) is 12.8. The van der Waals surface area contributed by atoms with Crippen molar-refractivity contribution in [1.82, 2.24) is 9.88 Å². The van der Waals surface area contributed by atoms with E-state index in [0.29, 0.717) is 5.92 Å². The number of hydrogen-bond donors (Lipinski definition) is 1. The Morgan fingerprint density at radius 1 is 1.36 bits per heavy atom. The molecule has 1 aromatic carbocycles. The van der Waals surface area contributed by atoms with Gasteiger partial charge in [0.25, 0.3) is 0 Å². The number of nitrogens with zero attached hydrogens (tertiary/aromatic N) is 2. The minimum Gasteiger partial charge on any atom is -0.383 e. The fourth-order valence-electron chi connectivity index (χ4n) is 5.01. The molecular weight excluding hydrogens is 272 g/mol. The molecule has 3 aliphatic rings. The number of benzene rings is 1. The smallest absolute Gasteiger partial charge is 0.107 e. The van der Waals surface area contributed by atoms with Crippen LogP contribution in [0.15, 0.2) is 42.1 Å². The number of allylic oxidation sites excluding steroid dienone is 1. The van der Waals surface area contributed by atoms with Crippen LogP contribution in [0.25, 0.3) is 10.9 Å². The van der Waals surface area contributed by atoms with Crippen LogP contribution < -0.4 is 0 Å². The van der Waals surface area contributed by atoms with Crippen LogP contribution in [0.1, 0.15) is 36.8 Å². The summed E-state index contributed by atoms with van der Waals surface area (Å²) in [5.74, 6) is 0.428. The van der Waals surface area contributed by atoms with E-state index in [0.717, 1.165) is 42.4 Å². The summed E-state index contributed by atoms with van der Waals surface area (Å²) >= 11 is 0. The first-order valence-electron chi connectivity index (χ1n) is 8.22. The average Bonchev–Trinajstić information content (AvgIpc) is 2.92. The van der Waals surface area contributed by atoms with Crippen molar-refractivity contribution in [3.8, 4) is 0 Å². The fourth-order valence-corrected chi connectivity index (χ4v) is 5.01. The molecule has 2 aromatic rings. The molecule has 22 heavy (non-hydrogen) atoms. The zero-order chi connectivity index (χ0) is 14.9. The molecule has 3 heteroatoms. The number of hydrogen-bond acceptors (Lipinski definition) is 3. The largest absolute Gasteiger partial charge is 0.383 e. The maximum absolute atomic E-state index is 11.6. The number of piperidine rings is 1. The summed E-state index contributed by atoms with van der Waals surface area (Å²) in [7, 11) is 0. The van der Waals surface area contributed by atoms with Crippen molar-refractivity contribution >= 4 is 10.9 Å². The molecule has 1 N–H and O–H groups in total. The van der Waals surface area contributed by atoms with Gasteiger partial charge in [-0.3, -0.25) is 9.88 Å². The van der Waals surface area contributed by atoms with E-state index in [2.05, 4.69) is 35.0 Å². The number of fused-ring (bicyclic) bond motifs is 6. The molecule has 112 valence electrons. The lowest BCUT2D eigenvalue weighted by atomic mass is 9.66. The predicted molar refractivity (Wildman–Crippen MR) is 86.7 cm³/mol. The summed E-state index contributed by atoms with van der Waals surface area (Å²) in [4.78, 5) is 7.15. The van der Waals surface area contributed by atoms with E-state index in [1.165, 1.54) is 11.1 Å². The third-order valence-corrected chi connectivity index (χ3v) is 6.05. The third kappa shape index (κ3) is 1.41. The molecule has 5 rings (SSSR count). The van der Waals surface area contributed by atoms with E-state index in [-0.39, 0.29) is 6.04 Å². The van der Waals surface area contributed by atoms with E-state index in [1.54, 1.807) is 0 Å². The Morgan fingerprint density at radius 2 is 2.23 bits per heavy atom. The van der Waals surface area contributed by atoms with Gasteiger partial charge < -0.3 is 5.11 Å². The maximum atomic E-state index is 11.6. The highest BCUT2D eigenvalue weighted by atomic mass is 16.3. The molecule has 1 aliphatic carbocycles. The lowest BCUT2D eigenvalue weighted by Crippen LogP contribution is -2.51. The van der Waals surface area contributed by atoms with Gasteiger partial charge in [0.15, 0.2) is 0 Å². The van der Waals surface area contributed by atoms with Gasteiger partial charge in [-0.25, -0.2) is 0 Å².